The second-order valence-corrected chi connectivity index (χ2v) is 4.36. The molecule has 0 unspecified atom stereocenters. The molecule has 0 saturated heterocycles. The zero-order chi connectivity index (χ0) is 15.6. The zero-order valence-electron chi connectivity index (χ0n) is 11.4. The van der Waals surface area contributed by atoms with E-state index >= 15 is 0 Å². The molecular formula is C13H13FN4O3. The first-order chi connectivity index (χ1) is 9.88. The van der Waals surface area contributed by atoms with E-state index in [9.17, 15) is 18.8 Å². The highest BCUT2D eigenvalue weighted by Crippen LogP contribution is 2.09. The monoisotopic (exact) mass is 292 g/mol. The van der Waals surface area contributed by atoms with Crippen molar-refractivity contribution in [2.24, 2.45) is 14.1 Å². The summed E-state index contributed by atoms with van der Waals surface area (Å²) in [4.78, 5) is 35.0. The van der Waals surface area contributed by atoms with Crippen molar-refractivity contribution in [1.82, 2.24) is 9.13 Å². The number of nitrogens with zero attached hydrogens (tertiary/aromatic N) is 2. The number of hydrogen-bond donors (Lipinski definition) is 2. The first kappa shape index (κ1) is 14.5. The van der Waals surface area contributed by atoms with Crippen LogP contribution in [0.1, 0.15) is 0 Å². The van der Waals surface area contributed by atoms with Crippen LogP contribution in [-0.4, -0.2) is 15.2 Å². The number of anilines is 2. The van der Waals surface area contributed by atoms with Gasteiger partial charge < -0.3 is 5.32 Å². The molecular weight excluding hydrogens is 279 g/mol. The summed E-state index contributed by atoms with van der Waals surface area (Å²) in [7, 11) is 2.75. The molecule has 0 bridgehead atoms. The van der Waals surface area contributed by atoms with Gasteiger partial charge in [0.05, 0.1) is 0 Å². The van der Waals surface area contributed by atoms with Crippen LogP contribution in [0.15, 0.2) is 39.9 Å². The van der Waals surface area contributed by atoms with Crippen molar-refractivity contribution < 1.29 is 9.18 Å². The first-order valence-corrected chi connectivity index (χ1v) is 5.99. The smallest absolute Gasteiger partial charge is 0.308 e. The van der Waals surface area contributed by atoms with Gasteiger partial charge in [-0.1, -0.05) is 6.07 Å². The van der Waals surface area contributed by atoms with E-state index in [1.165, 1.54) is 32.3 Å². The number of amides is 2. The van der Waals surface area contributed by atoms with E-state index in [0.717, 1.165) is 21.3 Å². The summed E-state index contributed by atoms with van der Waals surface area (Å²) in [5, 5.41) is 4.76. The van der Waals surface area contributed by atoms with Crippen molar-refractivity contribution in [3.63, 3.8) is 0 Å². The Balaban J connectivity index is 2.21. The maximum absolute atomic E-state index is 13.0. The number of hydrogen-bond acceptors (Lipinski definition) is 3. The summed E-state index contributed by atoms with van der Waals surface area (Å²) < 4.78 is 15.0. The van der Waals surface area contributed by atoms with E-state index in [-0.39, 0.29) is 11.5 Å². The predicted octanol–water partition coefficient (Wildman–Crippen LogP) is 0.867. The predicted molar refractivity (Wildman–Crippen MR) is 76.0 cm³/mol. The summed E-state index contributed by atoms with van der Waals surface area (Å²) in [5.41, 5.74) is -0.857. The van der Waals surface area contributed by atoms with Gasteiger partial charge in [0, 0.05) is 25.8 Å². The highest BCUT2D eigenvalue weighted by molar-refractivity contribution is 5.99. The summed E-state index contributed by atoms with van der Waals surface area (Å²) >= 11 is 0. The maximum Gasteiger partial charge on any atom is 0.332 e. The van der Waals surface area contributed by atoms with Crippen molar-refractivity contribution >= 4 is 17.5 Å². The van der Waals surface area contributed by atoms with Crippen LogP contribution in [0.5, 0.6) is 0 Å². The minimum absolute atomic E-state index is 0.0389. The lowest BCUT2D eigenvalue weighted by molar-refractivity contribution is 0.262. The van der Waals surface area contributed by atoms with Crippen LogP contribution in [0.4, 0.5) is 20.7 Å². The molecule has 0 fully saturated rings. The second-order valence-electron chi connectivity index (χ2n) is 4.36. The quantitative estimate of drug-likeness (QED) is 0.861. The Morgan fingerprint density at radius 1 is 1.10 bits per heavy atom. The minimum Gasteiger partial charge on any atom is -0.308 e. The third kappa shape index (κ3) is 3.16. The third-order valence-corrected chi connectivity index (χ3v) is 2.85. The van der Waals surface area contributed by atoms with Crippen molar-refractivity contribution in [3.05, 3.63) is 57.0 Å². The summed E-state index contributed by atoms with van der Waals surface area (Å²) in [6.07, 6.45) is 0. The molecule has 0 aliphatic carbocycles. The van der Waals surface area contributed by atoms with E-state index in [0.29, 0.717) is 0 Å². The van der Waals surface area contributed by atoms with Gasteiger partial charge in [-0.15, -0.1) is 0 Å². The SMILES string of the molecule is Cn1c(NC(=O)Nc2cccc(F)c2)cc(=O)n(C)c1=O. The molecule has 2 N–H and O–H groups in total. The van der Waals surface area contributed by atoms with Gasteiger partial charge in [-0.05, 0) is 18.2 Å². The lowest BCUT2D eigenvalue weighted by atomic mass is 10.3. The molecule has 110 valence electrons. The number of halogens is 1. The number of carbonyl (C=O) groups excluding carboxylic acids is 1. The fourth-order valence-corrected chi connectivity index (χ4v) is 1.70. The van der Waals surface area contributed by atoms with Gasteiger partial charge in [0.25, 0.3) is 5.56 Å². The third-order valence-electron chi connectivity index (χ3n) is 2.85. The Morgan fingerprint density at radius 3 is 2.48 bits per heavy atom. The number of rotatable bonds is 2. The first-order valence-electron chi connectivity index (χ1n) is 5.99. The highest BCUT2D eigenvalue weighted by Gasteiger charge is 2.09. The van der Waals surface area contributed by atoms with E-state index < -0.39 is 23.1 Å². The Labute approximate surface area is 118 Å². The van der Waals surface area contributed by atoms with Crippen molar-refractivity contribution in [1.29, 1.82) is 0 Å². The van der Waals surface area contributed by atoms with Gasteiger partial charge >= 0.3 is 11.7 Å². The number of urea groups is 1. The average Bonchev–Trinajstić information content (AvgIpc) is 2.42. The van der Waals surface area contributed by atoms with E-state index in [1.807, 2.05) is 0 Å². The molecule has 2 amide bonds. The molecule has 1 heterocycles. The van der Waals surface area contributed by atoms with Crippen molar-refractivity contribution in [2.45, 2.75) is 0 Å². The molecule has 7 nitrogen and oxygen atoms in total. The van der Waals surface area contributed by atoms with Crippen molar-refractivity contribution in [2.75, 3.05) is 10.6 Å². The van der Waals surface area contributed by atoms with Gasteiger partial charge in [0.1, 0.15) is 11.6 Å². The number of nitrogens with one attached hydrogen (secondary N) is 2. The number of benzene rings is 1. The molecule has 1 aromatic heterocycles. The fraction of sp³-hybridized carbons (Fsp3) is 0.154. The lowest BCUT2D eigenvalue weighted by Crippen LogP contribution is -2.38. The molecule has 0 atom stereocenters. The van der Waals surface area contributed by atoms with E-state index in [1.54, 1.807) is 0 Å². The molecule has 2 rings (SSSR count). The summed E-state index contributed by atoms with van der Waals surface area (Å²) in [5.74, 6) is -0.453. The van der Waals surface area contributed by atoms with Gasteiger partial charge in [-0.3, -0.25) is 19.2 Å². The van der Waals surface area contributed by atoms with Gasteiger partial charge in [-0.25, -0.2) is 14.0 Å². The molecule has 2 aromatic rings. The summed E-state index contributed by atoms with van der Waals surface area (Å²) in [6, 6.07) is 5.76. The highest BCUT2D eigenvalue weighted by atomic mass is 19.1. The maximum atomic E-state index is 13.0. The molecule has 0 aliphatic rings. The van der Waals surface area contributed by atoms with Crippen LogP contribution in [0.25, 0.3) is 0 Å². The molecule has 0 spiro atoms. The Bertz CT molecular complexity index is 810. The van der Waals surface area contributed by atoms with Gasteiger partial charge in [0.15, 0.2) is 0 Å². The van der Waals surface area contributed by atoms with Crippen LogP contribution >= 0.6 is 0 Å². The van der Waals surface area contributed by atoms with Gasteiger partial charge in [0.2, 0.25) is 0 Å². The van der Waals surface area contributed by atoms with E-state index in [2.05, 4.69) is 10.6 Å². The Morgan fingerprint density at radius 2 is 1.81 bits per heavy atom. The lowest BCUT2D eigenvalue weighted by Gasteiger charge is -2.11. The van der Waals surface area contributed by atoms with Crippen LogP contribution in [0.3, 0.4) is 0 Å². The standard InChI is InChI=1S/C13H13FN4O3/c1-17-10(7-11(19)18(2)13(17)21)16-12(20)15-9-5-3-4-8(14)6-9/h3-7H,1-2H3,(H2,15,16,20). The fourth-order valence-electron chi connectivity index (χ4n) is 1.70. The number of aromatic nitrogens is 2. The Kier molecular flexibility index (Phi) is 3.88. The molecule has 0 radical (unpaired) electrons. The second kappa shape index (κ2) is 5.61. The van der Waals surface area contributed by atoms with Crippen LogP contribution in [-0.2, 0) is 14.1 Å². The van der Waals surface area contributed by atoms with Crippen LogP contribution in [0, 0.1) is 5.82 Å². The van der Waals surface area contributed by atoms with Crippen molar-refractivity contribution in [3.8, 4) is 0 Å². The number of carbonyl (C=O) groups is 1. The molecule has 21 heavy (non-hydrogen) atoms. The normalized spacial score (nSPS) is 10.2. The minimum atomic E-state index is -0.691. The topological polar surface area (TPSA) is 85.1 Å². The zero-order valence-corrected chi connectivity index (χ0v) is 11.4. The average molecular weight is 292 g/mol. The largest absolute Gasteiger partial charge is 0.332 e. The molecule has 0 aliphatic heterocycles. The molecule has 0 saturated carbocycles. The molecule has 1 aromatic carbocycles. The van der Waals surface area contributed by atoms with Crippen LogP contribution in [0.2, 0.25) is 0 Å². The van der Waals surface area contributed by atoms with Gasteiger partial charge in [-0.2, -0.15) is 0 Å². The summed E-state index contributed by atoms with van der Waals surface area (Å²) in [6.45, 7) is 0. The Hall–Kier alpha value is -2.90. The molecule has 8 heteroatoms. The van der Waals surface area contributed by atoms with Crippen LogP contribution < -0.4 is 21.9 Å². The van der Waals surface area contributed by atoms with E-state index in [4.69, 9.17) is 0 Å².